The van der Waals surface area contributed by atoms with E-state index < -0.39 is 0 Å². The molecule has 0 saturated carbocycles. The lowest BCUT2D eigenvalue weighted by atomic mass is 10.00. The van der Waals surface area contributed by atoms with Gasteiger partial charge in [0.1, 0.15) is 0 Å². The van der Waals surface area contributed by atoms with Gasteiger partial charge in [-0.3, -0.25) is 4.79 Å². The molecule has 0 aromatic heterocycles. The number of likely N-dealkylation sites (tertiary alicyclic amines) is 1. The van der Waals surface area contributed by atoms with Gasteiger partial charge in [-0.15, -0.1) is 24.0 Å². The van der Waals surface area contributed by atoms with E-state index in [9.17, 15) is 4.79 Å². The van der Waals surface area contributed by atoms with Crippen LogP contribution in [-0.2, 0) is 6.54 Å². The Bertz CT molecular complexity index is 551. The van der Waals surface area contributed by atoms with Gasteiger partial charge in [0, 0.05) is 31.7 Å². The van der Waals surface area contributed by atoms with Crippen molar-refractivity contribution in [2.24, 2.45) is 10.9 Å². The van der Waals surface area contributed by atoms with Gasteiger partial charge in [0.15, 0.2) is 5.96 Å². The Morgan fingerprint density at radius 2 is 1.72 bits per heavy atom. The highest BCUT2D eigenvalue weighted by molar-refractivity contribution is 14.0. The third kappa shape index (κ3) is 6.84. The van der Waals surface area contributed by atoms with E-state index in [1.54, 1.807) is 0 Å². The summed E-state index contributed by atoms with van der Waals surface area (Å²) in [4.78, 5) is 18.9. The Hall–Kier alpha value is -1.31. The molecule has 0 atom stereocenters. The number of hydrogen-bond acceptors (Lipinski definition) is 2. The minimum atomic E-state index is -0.0247. The molecular weight excluding hydrogens is 427 g/mol. The van der Waals surface area contributed by atoms with Crippen LogP contribution in [0.4, 0.5) is 0 Å². The summed E-state index contributed by atoms with van der Waals surface area (Å²) in [5.74, 6) is 1.78. The van der Waals surface area contributed by atoms with Gasteiger partial charge in [-0.05, 0) is 50.3 Å². The Kier molecular flexibility index (Phi) is 9.85. The first-order valence-corrected chi connectivity index (χ1v) is 9.04. The molecule has 25 heavy (non-hydrogen) atoms. The molecule has 1 aliphatic heterocycles. The van der Waals surface area contributed by atoms with Gasteiger partial charge in [0.05, 0.1) is 6.54 Å². The van der Waals surface area contributed by atoms with E-state index in [0.29, 0.717) is 18.7 Å². The second-order valence-corrected chi connectivity index (χ2v) is 6.40. The van der Waals surface area contributed by atoms with Gasteiger partial charge in [-0.2, -0.15) is 0 Å². The normalized spacial score (nSPS) is 15.5. The topological polar surface area (TPSA) is 56.7 Å². The largest absolute Gasteiger partial charge is 0.357 e. The molecule has 2 N–H and O–H groups in total. The molecule has 0 bridgehead atoms. The Morgan fingerprint density at radius 3 is 2.28 bits per heavy atom. The number of amides is 1. The molecule has 1 aromatic carbocycles. The van der Waals surface area contributed by atoms with Crippen LogP contribution in [0.1, 0.15) is 49.5 Å². The van der Waals surface area contributed by atoms with Crippen LogP contribution < -0.4 is 10.6 Å². The van der Waals surface area contributed by atoms with Crippen LogP contribution in [0.3, 0.4) is 0 Å². The van der Waals surface area contributed by atoms with E-state index in [0.717, 1.165) is 37.1 Å². The maximum absolute atomic E-state index is 11.8. The summed E-state index contributed by atoms with van der Waals surface area (Å²) in [7, 11) is 0. The monoisotopic (exact) mass is 458 g/mol. The molecular formula is C19H31IN4O. The summed E-state index contributed by atoms with van der Waals surface area (Å²) in [6.07, 6.45) is 2.46. The van der Waals surface area contributed by atoms with Crippen LogP contribution in [0.2, 0.25) is 0 Å². The summed E-state index contributed by atoms with van der Waals surface area (Å²) in [6.45, 7) is 10.6. The van der Waals surface area contributed by atoms with Gasteiger partial charge in [-0.25, -0.2) is 4.99 Å². The molecule has 1 saturated heterocycles. The van der Waals surface area contributed by atoms with Gasteiger partial charge in [0.2, 0.25) is 0 Å². The summed E-state index contributed by atoms with van der Waals surface area (Å²) in [6, 6.07) is 7.70. The van der Waals surface area contributed by atoms with Crippen molar-refractivity contribution in [3.63, 3.8) is 0 Å². The molecule has 1 amide bonds. The highest BCUT2D eigenvalue weighted by atomic mass is 127. The molecule has 1 aliphatic rings. The molecule has 1 aromatic rings. The number of hydrogen-bond donors (Lipinski definition) is 2. The van der Waals surface area contributed by atoms with Gasteiger partial charge >= 0.3 is 0 Å². The molecule has 2 rings (SSSR count). The van der Waals surface area contributed by atoms with Crippen molar-refractivity contribution in [3.8, 4) is 0 Å². The van der Waals surface area contributed by atoms with Crippen LogP contribution in [0, 0.1) is 5.92 Å². The molecule has 1 heterocycles. The average Bonchev–Trinajstić information content (AvgIpc) is 2.60. The molecule has 140 valence electrons. The van der Waals surface area contributed by atoms with E-state index in [1.807, 2.05) is 31.2 Å². The molecule has 6 heteroatoms. The molecule has 1 fully saturated rings. The summed E-state index contributed by atoms with van der Waals surface area (Å²) < 4.78 is 0. The number of carbonyl (C=O) groups is 1. The number of benzene rings is 1. The molecule has 0 spiro atoms. The van der Waals surface area contributed by atoms with Gasteiger partial charge < -0.3 is 15.5 Å². The Morgan fingerprint density at radius 1 is 1.12 bits per heavy atom. The zero-order valence-electron chi connectivity index (χ0n) is 15.5. The number of halogens is 1. The SMILES string of the molecule is CCNC(=O)c1ccc(CN=C(NCC)N2CCC(C)CC2)cc1.I. The number of guanidine groups is 1. The third-order valence-electron chi connectivity index (χ3n) is 4.38. The van der Waals surface area contributed by atoms with E-state index >= 15 is 0 Å². The van der Waals surface area contributed by atoms with Crippen molar-refractivity contribution < 1.29 is 4.79 Å². The van der Waals surface area contributed by atoms with Crippen molar-refractivity contribution in [3.05, 3.63) is 35.4 Å². The maximum atomic E-state index is 11.8. The van der Waals surface area contributed by atoms with Crippen molar-refractivity contribution in [2.75, 3.05) is 26.2 Å². The van der Waals surface area contributed by atoms with E-state index in [-0.39, 0.29) is 29.9 Å². The minimum Gasteiger partial charge on any atom is -0.357 e. The first-order chi connectivity index (χ1) is 11.6. The zero-order chi connectivity index (χ0) is 17.4. The van der Waals surface area contributed by atoms with Gasteiger partial charge in [-0.1, -0.05) is 19.1 Å². The molecule has 0 aliphatic carbocycles. The highest BCUT2D eigenvalue weighted by Gasteiger charge is 2.18. The summed E-state index contributed by atoms with van der Waals surface area (Å²) in [5.41, 5.74) is 1.81. The summed E-state index contributed by atoms with van der Waals surface area (Å²) in [5, 5.41) is 6.21. The van der Waals surface area contributed by atoms with Gasteiger partial charge in [0.25, 0.3) is 5.91 Å². The van der Waals surface area contributed by atoms with Crippen molar-refractivity contribution in [1.82, 2.24) is 15.5 Å². The maximum Gasteiger partial charge on any atom is 0.251 e. The van der Waals surface area contributed by atoms with Crippen LogP contribution in [0.5, 0.6) is 0 Å². The zero-order valence-corrected chi connectivity index (χ0v) is 17.9. The van der Waals surface area contributed by atoms with E-state index in [4.69, 9.17) is 4.99 Å². The van der Waals surface area contributed by atoms with Crippen LogP contribution in [-0.4, -0.2) is 42.9 Å². The second-order valence-electron chi connectivity index (χ2n) is 6.40. The fourth-order valence-electron chi connectivity index (χ4n) is 2.84. The Balaban J connectivity index is 0.00000312. The van der Waals surface area contributed by atoms with Crippen LogP contribution in [0.15, 0.2) is 29.3 Å². The third-order valence-corrected chi connectivity index (χ3v) is 4.38. The smallest absolute Gasteiger partial charge is 0.251 e. The molecule has 5 nitrogen and oxygen atoms in total. The molecule has 0 unspecified atom stereocenters. The minimum absolute atomic E-state index is 0. The molecule has 0 radical (unpaired) electrons. The lowest BCUT2D eigenvalue weighted by Gasteiger charge is -2.33. The predicted octanol–water partition coefficient (Wildman–Crippen LogP) is 3.25. The highest BCUT2D eigenvalue weighted by Crippen LogP contribution is 2.16. The Labute approximate surface area is 168 Å². The summed E-state index contributed by atoms with van der Waals surface area (Å²) >= 11 is 0. The predicted molar refractivity (Wildman–Crippen MR) is 115 cm³/mol. The number of piperidine rings is 1. The fraction of sp³-hybridized carbons (Fsp3) is 0.579. The van der Waals surface area contributed by atoms with Crippen molar-refractivity contribution in [1.29, 1.82) is 0 Å². The van der Waals surface area contributed by atoms with E-state index in [2.05, 4.69) is 29.4 Å². The number of nitrogens with zero attached hydrogens (tertiary/aromatic N) is 2. The quantitative estimate of drug-likeness (QED) is 0.405. The lowest BCUT2D eigenvalue weighted by Crippen LogP contribution is -2.45. The van der Waals surface area contributed by atoms with Crippen LogP contribution >= 0.6 is 24.0 Å². The number of rotatable bonds is 5. The lowest BCUT2D eigenvalue weighted by molar-refractivity contribution is 0.0956. The average molecular weight is 458 g/mol. The number of carbonyl (C=O) groups excluding carboxylic acids is 1. The first kappa shape index (κ1) is 21.7. The number of nitrogens with one attached hydrogen (secondary N) is 2. The second kappa shape index (κ2) is 11.3. The van der Waals surface area contributed by atoms with E-state index in [1.165, 1.54) is 12.8 Å². The first-order valence-electron chi connectivity index (χ1n) is 9.04. The van der Waals surface area contributed by atoms with Crippen molar-refractivity contribution >= 4 is 35.8 Å². The number of aliphatic imine (C=N–C) groups is 1. The van der Waals surface area contributed by atoms with Crippen molar-refractivity contribution in [2.45, 2.75) is 40.2 Å². The fourth-order valence-corrected chi connectivity index (χ4v) is 2.84. The van der Waals surface area contributed by atoms with Crippen LogP contribution in [0.25, 0.3) is 0 Å². The standard InChI is InChI=1S/C19H30N4O.HI/c1-4-20-18(24)17-8-6-16(7-9-17)14-22-19(21-5-2)23-12-10-15(3)11-13-23;/h6-9,15H,4-5,10-14H2,1-3H3,(H,20,24)(H,21,22);1H.